The van der Waals surface area contributed by atoms with Crippen LogP contribution in [-0.2, 0) is 74.0 Å². The number of nitrogens with one attached hydrogen (secondary N) is 3. The Labute approximate surface area is 799 Å². The van der Waals surface area contributed by atoms with Gasteiger partial charge in [-0.2, -0.15) is 26.3 Å². The van der Waals surface area contributed by atoms with Crippen LogP contribution in [0, 0.1) is 51.2 Å². The normalized spacial score (nSPS) is 17.1. The fraction of sp³-hybridized carbons (Fsp3) is 0.394. The van der Waals surface area contributed by atoms with E-state index in [2.05, 4.69) is 51.4 Å². The second-order valence-electron chi connectivity index (χ2n) is 35.2. The van der Waals surface area contributed by atoms with Crippen molar-refractivity contribution in [1.29, 1.82) is 0 Å². The third kappa shape index (κ3) is 33.5. The lowest BCUT2D eigenvalue weighted by atomic mass is 9.83. The molecule has 2 saturated heterocycles. The minimum absolute atomic E-state index is 0.00601. The molecule has 9 aromatic rings. The van der Waals surface area contributed by atoms with Gasteiger partial charge < -0.3 is 62.9 Å². The lowest BCUT2D eigenvalue weighted by Crippen LogP contribution is -2.47. The van der Waals surface area contributed by atoms with Crippen molar-refractivity contribution in [3.63, 3.8) is 0 Å². The lowest BCUT2D eigenvalue weighted by Gasteiger charge is -2.41. The van der Waals surface area contributed by atoms with E-state index in [-0.39, 0.29) is 78.2 Å². The summed E-state index contributed by atoms with van der Waals surface area (Å²) in [6.45, 7) is 22.7. The van der Waals surface area contributed by atoms with Crippen LogP contribution in [0.2, 0.25) is 26.2 Å². The van der Waals surface area contributed by atoms with E-state index in [4.69, 9.17) is 49.3 Å². The fourth-order valence-electron chi connectivity index (χ4n) is 16.3. The Morgan fingerprint density at radius 1 is 0.482 bits per heavy atom. The number of carbonyl (C=O) groups is 6. The number of hydrogen-bond donors (Lipinski definition) is 6. The van der Waals surface area contributed by atoms with Crippen molar-refractivity contribution in [3.05, 3.63) is 278 Å². The average Bonchev–Trinajstić information content (AvgIpc) is 1.10. The Kier molecular flexibility index (Phi) is 39.9. The highest BCUT2D eigenvalue weighted by molar-refractivity contribution is 7.53. The molecule has 6 atom stereocenters. The highest BCUT2D eigenvalue weighted by atomic mass is 35.5. The van der Waals surface area contributed by atoms with Gasteiger partial charge in [-0.3, -0.25) is 33.9 Å². The second-order valence-corrected chi connectivity index (χ2v) is 46.7. The number of aliphatic hydroxyl groups excluding tert-OH is 1. The van der Waals surface area contributed by atoms with Crippen LogP contribution in [0.3, 0.4) is 0 Å². The monoisotopic (exact) mass is 2000 g/mol. The van der Waals surface area contributed by atoms with Gasteiger partial charge in [0.05, 0.1) is 66.0 Å². The van der Waals surface area contributed by atoms with Crippen LogP contribution in [0.4, 0.5) is 67.5 Å². The quantitative estimate of drug-likeness (QED) is 0.0121. The predicted molar refractivity (Wildman–Crippen MR) is 513 cm³/mol. The molecule has 0 spiro atoms. The van der Waals surface area contributed by atoms with E-state index in [0.29, 0.717) is 90.1 Å². The van der Waals surface area contributed by atoms with E-state index in [1.807, 2.05) is 24.3 Å². The summed E-state index contributed by atoms with van der Waals surface area (Å²) in [6, 6.07) is 47.8. The number of anilines is 4. The molecule has 0 radical (unpaired) electrons. The molecular formula is C99H118ClF8N6O19P3Si. The number of aryl methyl sites for hydroxylation is 4. The molecule has 6 N–H and O–H groups in total. The molecule has 2 unspecified atom stereocenters. The molecule has 38 heteroatoms. The summed E-state index contributed by atoms with van der Waals surface area (Å²) in [4.78, 5) is 102. The van der Waals surface area contributed by atoms with Crippen LogP contribution >= 0.6 is 34.6 Å². The average molecular weight is 2000 g/mol. The zero-order chi connectivity index (χ0) is 100. The predicted octanol–water partition coefficient (Wildman–Crippen LogP) is 25.5. The van der Waals surface area contributed by atoms with Gasteiger partial charge in [-0.1, -0.05) is 149 Å². The summed E-state index contributed by atoms with van der Waals surface area (Å²) < 4.78 is 182. The van der Waals surface area contributed by atoms with Crippen molar-refractivity contribution < 1.29 is 125 Å². The molecule has 9 aromatic carbocycles. The molecule has 137 heavy (non-hydrogen) atoms. The molecule has 25 nitrogen and oxygen atoms in total. The van der Waals surface area contributed by atoms with Crippen LogP contribution < -0.4 is 34.4 Å². The van der Waals surface area contributed by atoms with Crippen LogP contribution in [0.5, 0.6) is 17.2 Å². The van der Waals surface area contributed by atoms with Gasteiger partial charge in [0.2, 0.25) is 11.8 Å². The standard InChI is InChI=1S/C41H42F4N3O8P.C33H35F4N3O2.C11H14ClO5P.C10H15O4P.C4H12Si/c1-25-12-17-29(23-34(25)41(43,44)45)46-38(49)33-10-6-22-47(39(50)36-26(2)7-5-11-35(36)42)37(33)28-15-18-31(19-16-28)48(30-8-3-4-9-30)40(51)55-24-27-13-20-32(21-14-27)56-57(52,53)54;1-20-12-15-25(19-27(20)33(35,36)37)39-31(41)26-10-6-18-40(32(42)29-21(2)7-5-11-28(29)34)30(26)22-13-16-24(17-14-22)38-23-8-3-4-9-23;1-3-16-18(2,14)17-10-6-4-9(5-7-10)8-15-11(12)13;1-3-13-15(2,12)14-10-6-4-9(8-11)5-7-10;1-5(2,3)4/h5,7,11-21,23,30,33,37H,3-4,6,8-10,22,24H2,1-2H3,(H,46,49)(H2,52,53,54);5,7,11-17,19,23,26,30,38H,3-4,6,8-10,18H2,1-2H3,(H,39,41);4-7H,3,8H2,1-2H3;4-7,11H,3,8H2,1-2H3;1-4H3/t33-,37-;26-,30-;;;/m00.../s1. The number of rotatable bonds is 27. The number of benzene rings is 9. The van der Waals surface area contributed by atoms with E-state index in [1.165, 1.54) is 123 Å². The molecule has 13 rings (SSSR count). The van der Waals surface area contributed by atoms with Crippen molar-refractivity contribution in [2.75, 3.05) is 60.5 Å². The number of aliphatic hydroxyl groups is 1. The highest BCUT2D eigenvalue weighted by Gasteiger charge is 2.44. The molecule has 2 aliphatic heterocycles. The van der Waals surface area contributed by atoms with Crippen molar-refractivity contribution in [1.82, 2.24) is 9.80 Å². The van der Waals surface area contributed by atoms with Gasteiger partial charge in [0, 0.05) is 80.9 Å². The Hall–Kier alpha value is -10.8. The number of piperidine rings is 2. The molecule has 0 bridgehead atoms. The zero-order valence-electron chi connectivity index (χ0n) is 78.3. The van der Waals surface area contributed by atoms with Gasteiger partial charge in [0.15, 0.2) is 0 Å². The van der Waals surface area contributed by atoms with Gasteiger partial charge in [-0.15, -0.1) is 0 Å². The first-order chi connectivity index (χ1) is 64.5. The first-order valence-corrected chi connectivity index (χ1v) is 54.7. The molecule has 2 heterocycles. The summed E-state index contributed by atoms with van der Waals surface area (Å²) >= 11 is 5.04. The highest BCUT2D eigenvalue weighted by Crippen LogP contribution is 2.48. The Morgan fingerprint density at radius 2 is 0.854 bits per heavy atom. The number of hydrogen-bond acceptors (Lipinski definition) is 18. The molecule has 4 fully saturated rings. The molecule has 740 valence electrons. The second kappa shape index (κ2) is 49.7. The summed E-state index contributed by atoms with van der Waals surface area (Å²) in [5, 5.41) is 17.7. The molecule has 2 saturated carbocycles. The maximum absolute atomic E-state index is 15.2. The number of likely N-dealkylation sites (tertiary alicyclic amines) is 2. The van der Waals surface area contributed by atoms with E-state index in [9.17, 15) is 73.2 Å². The zero-order valence-corrected chi connectivity index (χ0v) is 82.8. The number of ether oxygens (including phenoxy) is 2. The molecule has 2 aliphatic carbocycles. The molecule has 4 aliphatic rings. The summed E-state index contributed by atoms with van der Waals surface area (Å²) in [5.74, 6) is -4.48. The first kappa shape index (κ1) is 110. The Balaban J connectivity index is 0.000000227. The van der Waals surface area contributed by atoms with E-state index < -0.39 is 125 Å². The number of phosphoric ester groups is 1. The number of amides is 5. The Morgan fingerprint density at radius 3 is 1.23 bits per heavy atom. The van der Waals surface area contributed by atoms with Gasteiger partial charge in [-0.05, 0) is 240 Å². The van der Waals surface area contributed by atoms with Gasteiger partial charge in [0.1, 0.15) is 42.1 Å². The van der Waals surface area contributed by atoms with Crippen LogP contribution in [0.15, 0.2) is 194 Å². The van der Waals surface area contributed by atoms with E-state index in [0.717, 1.165) is 67.5 Å². The van der Waals surface area contributed by atoms with Gasteiger partial charge >= 0.3 is 46.9 Å². The van der Waals surface area contributed by atoms with Gasteiger partial charge in [0.25, 0.3) is 11.8 Å². The van der Waals surface area contributed by atoms with Crippen molar-refractivity contribution in [2.24, 2.45) is 11.8 Å². The molecule has 5 amide bonds. The van der Waals surface area contributed by atoms with Gasteiger partial charge in [-0.25, -0.2) is 32.1 Å². The minimum atomic E-state index is -4.74. The number of phosphoric acid groups is 1. The SMILES string of the molecule is CCOP(C)(=O)Oc1ccc(CO)cc1.CCOP(C)(=O)Oc1ccc(COC(=O)Cl)cc1.C[Si](C)(C)C.Cc1ccc(NC(=O)[C@H]2CCCN(C(=O)c3c(C)cccc3F)[C@H]2c2ccc(N(C(=O)OCc3ccc(OP(=O)(O)O)cc3)C3CCCC3)cc2)cc1C(F)(F)F.Cc1ccc(NC(=O)[C@H]2CCCN(C(=O)c3c(C)cccc3F)[C@H]2c2ccc(NC3CCCC3)cc2)cc1C(F)(F)F. The number of alkyl halides is 6. The maximum atomic E-state index is 15.2. The first-order valence-electron chi connectivity index (χ1n) is 44.8. The summed E-state index contributed by atoms with van der Waals surface area (Å²) in [5.41, 5.74) is 2.84. The largest absolute Gasteiger partial charge is 0.524 e. The molecular weight excluding hydrogens is 1890 g/mol. The number of carbonyl (C=O) groups excluding carboxylic acids is 6. The third-order valence-corrected chi connectivity index (χ3v) is 25.6. The number of nitrogens with zero attached hydrogens (tertiary/aromatic N) is 3. The lowest BCUT2D eigenvalue weighted by molar-refractivity contribution is -0.138. The maximum Gasteiger partial charge on any atom is 0.524 e. The Bertz CT molecular complexity index is 5690. The van der Waals surface area contributed by atoms with Crippen molar-refractivity contribution in [2.45, 2.75) is 201 Å². The van der Waals surface area contributed by atoms with Crippen LogP contribution in [-0.4, -0.2) is 120 Å². The smallest absolute Gasteiger partial charge is 0.449 e. The van der Waals surface area contributed by atoms with Crippen molar-refractivity contribution in [3.8, 4) is 17.2 Å². The van der Waals surface area contributed by atoms with E-state index >= 15 is 4.39 Å². The van der Waals surface area contributed by atoms with Crippen molar-refractivity contribution >= 4 is 101 Å². The number of halogens is 9. The minimum Gasteiger partial charge on any atom is -0.449 e. The fourth-order valence-corrected chi connectivity index (χ4v) is 18.8. The molecule has 0 aromatic heterocycles. The van der Waals surface area contributed by atoms with E-state index in [1.54, 1.807) is 118 Å². The summed E-state index contributed by atoms with van der Waals surface area (Å²) in [7, 11) is -11.4. The topological polar surface area (TPSA) is 325 Å². The van der Waals surface area contributed by atoms with Crippen LogP contribution in [0.1, 0.15) is 185 Å². The van der Waals surface area contributed by atoms with Crippen LogP contribution in [0.25, 0.3) is 0 Å². The summed E-state index contributed by atoms with van der Waals surface area (Å²) in [6.07, 6.45) is -0.491. The third-order valence-electron chi connectivity index (χ3n) is 22.5.